The van der Waals surface area contributed by atoms with Gasteiger partial charge >= 0.3 is 5.97 Å². The number of amides is 1. The summed E-state index contributed by atoms with van der Waals surface area (Å²) in [4.78, 5) is 24.3. The Kier molecular flexibility index (Phi) is 7.99. The molecule has 1 aliphatic heterocycles. The highest BCUT2D eigenvalue weighted by molar-refractivity contribution is 7.99. The molecule has 20 heavy (non-hydrogen) atoms. The maximum Gasteiger partial charge on any atom is 0.326 e. The van der Waals surface area contributed by atoms with Gasteiger partial charge in [-0.2, -0.15) is 11.8 Å². The average molecular weight is 302 g/mol. The van der Waals surface area contributed by atoms with Crippen molar-refractivity contribution in [2.45, 2.75) is 51.1 Å². The lowest BCUT2D eigenvalue weighted by molar-refractivity contribution is -0.141. The zero-order chi connectivity index (χ0) is 15.0. The van der Waals surface area contributed by atoms with Gasteiger partial charge in [0.1, 0.15) is 6.04 Å². The van der Waals surface area contributed by atoms with Crippen molar-refractivity contribution in [1.29, 1.82) is 0 Å². The van der Waals surface area contributed by atoms with E-state index < -0.39 is 12.0 Å². The summed E-state index contributed by atoms with van der Waals surface area (Å²) in [7, 11) is 2.19. The number of hydrogen-bond donors (Lipinski definition) is 2. The number of carboxylic acid groups (broad SMARTS) is 1. The van der Waals surface area contributed by atoms with Crippen LogP contribution in [0.5, 0.6) is 0 Å². The van der Waals surface area contributed by atoms with Gasteiger partial charge in [0.05, 0.1) is 0 Å². The Morgan fingerprint density at radius 2 is 2.15 bits per heavy atom. The molecule has 116 valence electrons. The molecule has 1 rings (SSSR count). The molecule has 5 nitrogen and oxygen atoms in total. The monoisotopic (exact) mass is 302 g/mol. The highest BCUT2D eigenvalue weighted by Gasteiger charge is 2.19. The van der Waals surface area contributed by atoms with Crippen molar-refractivity contribution in [2.75, 3.05) is 25.1 Å². The van der Waals surface area contributed by atoms with E-state index in [1.54, 1.807) is 11.8 Å². The number of carbonyl (C=O) groups is 2. The van der Waals surface area contributed by atoms with Crippen LogP contribution in [0, 0.1) is 0 Å². The van der Waals surface area contributed by atoms with Crippen LogP contribution >= 0.6 is 11.8 Å². The molecule has 0 saturated carbocycles. The number of thioether (sulfide) groups is 1. The first kappa shape index (κ1) is 17.3. The Morgan fingerprint density at radius 3 is 2.75 bits per heavy atom. The third-order valence-electron chi connectivity index (χ3n) is 3.74. The van der Waals surface area contributed by atoms with Crippen LogP contribution in [0.1, 0.15) is 39.0 Å². The van der Waals surface area contributed by atoms with E-state index in [4.69, 9.17) is 5.11 Å². The number of likely N-dealkylation sites (tertiary alicyclic amines) is 1. The maximum atomic E-state index is 11.0. The first-order chi connectivity index (χ1) is 9.50. The summed E-state index contributed by atoms with van der Waals surface area (Å²) in [6.45, 7) is 2.54. The van der Waals surface area contributed by atoms with E-state index in [9.17, 15) is 9.59 Å². The predicted octanol–water partition coefficient (Wildman–Crippen LogP) is 1.57. The second-order valence-corrected chi connectivity index (χ2v) is 6.64. The van der Waals surface area contributed by atoms with Gasteiger partial charge < -0.3 is 15.3 Å². The fourth-order valence-electron chi connectivity index (χ4n) is 2.53. The molecule has 1 aliphatic rings. The summed E-state index contributed by atoms with van der Waals surface area (Å²) >= 11 is 1.78. The molecule has 0 aromatic rings. The van der Waals surface area contributed by atoms with E-state index in [1.165, 1.54) is 39.2 Å². The Morgan fingerprint density at radius 1 is 1.40 bits per heavy atom. The number of hydrogen-bond acceptors (Lipinski definition) is 4. The highest BCUT2D eigenvalue weighted by atomic mass is 32.2. The summed E-state index contributed by atoms with van der Waals surface area (Å²) < 4.78 is 0. The van der Waals surface area contributed by atoms with Gasteiger partial charge in [-0.15, -0.1) is 0 Å². The quantitative estimate of drug-likeness (QED) is 0.666. The van der Waals surface area contributed by atoms with Crippen LogP contribution < -0.4 is 5.32 Å². The second-order valence-electron chi connectivity index (χ2n) is 5.41. The second kappa shape index (κ2) is 9.23. The molecule has 0 aromatic carbocycles. The van der Waals surface area contributed by atoms with Crippen LogP contribution in [0.25, 0.3) is 0 Å². The number of aliphatic carboxylic acids is 1. The smallest absolute Gasteiger partial charge is 0.326 e. The minimum Gasteiger partial charge on any atom is -0.480 e. The Bertz CT molecular complexity index is 326. The van der Waals surface area contributed by atoms with Crippen molar-refractivity contribution < 1.29 is 14.7 Å². The third-order valence-corrected chi connectivity index (χ3v) is 4.79. The van der Waals surface area contributed by atoms with Crippen LogP contribution in [0.4, 0.5) is 0 Å². The molecule has 2 atom stereocenters. The maximum absolute atomic E-state index is 11.0. The molecule has 0 aliphatic carbocycles. The van der Waals surface area contributed by atoms with Crippen molar-refractivity contribution in [3.8, 4) is 0 Å². The van der Waals surface area contributed by atoms with Crippen molar-refractivity contribution in [1.82, 2.24) is 10.2 Å². The number of carboxylic acids is 1. The van der Waals surface area contributed by atoms with E-state index >= 15 is 0 Å². The number of nitrogens with one attached hydrogen (secondary N) is 1. The zero-order valence-electron chi connectivity index (χ0n) is 12.4. The number of nitrogens with zero attached hydrogens (tertiary/aromatic N) is 1. The van der Waals surface area contributed by atoms with Crippen molar-refractivity contribution in [2.24, 2.45) is 0 Å². The summed E-state index contributed by atoms with van der Waals surface area (Å²) in [5, 5.41) is 11.5. The highest BCUT2D eigenvalue weighted by Crippen LogP contribution is 2.20. The molecule has 0 aromatic heterocycles. The largest absolute Gasteiger partial charge is 0.480 e. The Labute approximate surface area is 125 Å². The molecule has 0 radical (unpaired) electrons. The van der Waals surface area contributed by atoms with Crippen molar-refractivity contribution in [3.05, 3.63) is 0 Å². The lowest BCUT2D eigenvalue weighted by Gasteiger charge is -2.32. The molecular formula is C14H26N2O3S. The van der Waals surface area contributed by atoms with Crippen LogP contribution in [0.3, 0.4) is 0 Å². The predicted molar refractivity (Wildman–Crippen MR) is 82.1 cm³/mol. The van der Waals surface area contributed by atoms with Gasteiger partial charge in [-0.05, 0) is 50.8 Å². The van der Waals surface area contributed by atoms with E-state index in [2.05, 4.69) is 17.3 Å². The Hall–Kier alpha value is -0.750. The number of carbonyl (C=O) groups excluding carboxylic acids is 1. The van der Waals surface area contributed by atoms with Gasteiger partial charge in [0.25, 0.3) is 0 Å². The van der Waals surface area contributed by atoms with Gasteiger partial charge in [0.15, 0.2) is 0 Å². The van der Waals surface area contributed by atoms with Crippen molar-refractivity contribution >= 4 is 23.6 Å². The number of piperidine rings is 1. The normalized spacial score (nSPS) is 21.4. The summed E-state index contributed by atoms with van der Waals surface area (Å²) in [5.41, 5.74) is 0. The first-order valence-corrected chi connectivity index (χ1v) is 8.44. The van der Waals surface area contributed by atoms with Gasteiger partial charge in [-0.25, -0.2) is 4.79 Å². The molecule has 1 fully saturated rings. The zero-order valence-corrected chi connectivity index (χ0v) is 13.2. The molecule has 1 saturated heterocycles. The number of rotatable bonds is 8. The molecular weight excluding hydrogens is 276 g/mol. The summed E-state index contributed by atoms with van der Waals surface area (Å²) in [6, 6.07) is -0.0702. The van der Waals surface area contributed by atoms with Crippen LogP contribution in [-0.2, 0) is 9.59 Å². The van der Waals surface area contributed by atoms with Crippen LogP contribution in [0.2, 0.25) is 0 Å². The molecule has 6 heteroatoms. The van der Waals surface area contributed by atoms with E-state index in [-0.39, 0.29) is 5.91 Å². The van der Waals surface area contributed by atoms with E-state index in [0.717, 1.165) is 11.5 Å². The minimum atomic E-state index is -0.951. The van der Waals surface area contributed by atoms with Crippen molar-refractivity contribution in [3.63, 3.8) is 0 Å². The molecule has 2 N–H and O–H groups in total. The van der Waals surface area contributed by atoms with Gasteiger partial charge in [0.2, 0.25) is 5.91 Å². The fraction of sp³-hybridized carbons (Fsp3) is 0.857. The molecule has 1 heterocycles. The van der Waals surface area contributed by atoms with Gasteiger partial charge in [0, 0.05) is 13.0 Å². The fourth-order valence-corrected chi connectivity index (χ4v) is 3.58. The summed E-state index contributed by atoms with van der Waals surface area (Å²) in [5.74, 6) is 0.591. The van der Waals surface area contributed by atoms with Crippen LogP contribution in [-0.4, -0.2) is 59.1 Å². The molecule has 0 spiro atoms. The lowest BCUT2D eigenvalue weighted by atomic mass is 10.0. The molecule has 2 unspecified atom stereocenters. The van der Waals surface area contributed by atoms with E-state index in [1.807, 2.05) is 0 Å². The third kappa shape index (κ3) is 6.61. The standard InChI is InChI=1S/C14H26N2O3S/c1-11(17)15-13(14(18)19)7-10-20-9-6-12-5-3-4-8-16(12)2/h12-13H,3-10H2,1-2H3,(H,15,17)(H,18,19). The van der Waals surface area contributed by atoms with Gasteiger partial charge in [-0.1, -0.05) is 6.42 Å². The minimum absolute atomic E-state index is 0.286. The topological polar surface area (TPSA) is 69.6 Å². The average Bonchev–Trinajstić information content (AvgIpc) is 2.38. The summed E-state index contributed by atoms with van der Waals surface area (Å²) in [6.07, 6.45) is 5.56. The van der Waals surface area contributed by atoms with Gasteiger partial charge in [-0.3, -0.25) is 4.79 Å². The molecule has 0 bridgehead atoms. The molecule has 1 amide bonds. The SMILES string of the molecule is CC(=O)NC(CCSCCC1CCCCN1C)C(=O)O. The van der Waals surface area contributed by atoms with E-state index in [0.29, 0.717) is 12.5 Å². The Balaban J connectivity index is 2.13. The first-order valence-electron chi connectivity index (χ1n) is 7.28. The lowest BCUT2D eigenvalue weighted by Crippen LogP contribution is -2.40. The van der Waals surface area contributed by atoms with Crippen LogP contribution in [0.15, 0.2) is 0 Å².